The van der Waals surface area contributed by atoms with Gasteiger partial charge in [-0.3, -0.25) is 0 Å². The molecule has 1 N–H and O–H groups in total. The van der Waals surface area contributed by atoms with Crippen LogP contribution < -0.4 is 0 Å². The highest BCUT2D eigenvalue weighted by Crippen LogP contribution is 2.06. The molecule has 0 aromatic carbocycles. The predicted molar refractivity (Wildman–Crippen MR) is 58.8 cm³/mol. The fraction of sp³-hybridized carbons (Fsp3) is 0.833. The van der Waals surface area contributed by atoms with Crippen LogP contribution in [0.15, 0.2) is 12.2 Å². The summed E-state index contributed by atoms with van der Waals surface area (Å²) in [6.45, 7) is 4.06. The van der Waals surface area contributed by atoms with E-state index in [-0.39, 0.29) is 6.10 Å². The van der Waals surface area contributed by atoms with Crippen molar-refractivity contribution in [2.75, 3.05) is 0 Å². The van der Waals surface area contributed by atoms with Gasteiger partial charge in [0.25, 0.3) is 0 Å². The first-order valence-corrected chi connectivity index (χ1v) is 5.60. The van der Waals surface area contributed by atoms with Crippen LogP contribution in [0.2, 0.25) is 0 Å². The van der Waals surface area contributed by atoms with Crippen LogP contribution in [-0.2, 0) is 0 Å². The molecule has 0 aromatic rings. The van der Waals surface area contributed by atoms with Gasteiger partial charge < -0.3 is 5.11 Å². The third-order valence-corrected chi connectivity index (χ3v) is 2.11. The summed E-state index contributed by atoms with van der Waals surface area (Å²) in [5.74, 6) is 0. The average Bonchev–Trinajstić information content (AvgIpc) is 2.09. The Morgan fingerprint density at radius 2 is 1.77 bits per heavy atom. The fourth-order valence-corrected chi connectivity index (χ4v) is 1.28. The summed E-state index contributed by atoms with van der Waals surface area (Å²) in [5, 5.41) is 9.01. The Morgan fingerprint density at radius 3 is 2.38 bits per heavy atom. The van der Waals surface area contributed by atoms with E-state index >= 15 is 0 Å². The maximum atomic E-state index is 9.01. The molecule has 0 spiro atoms. The van der Waals surface area contributed by atoms with Gasteiger partial charge in [0.2, 0.25) is 0 Å². The first-order valence-electron chi connectivity index (χ1n) is 5.60. The van der Waals surface area contributed by atoms with Gasteiger partial charge in [-0.2, -0.15) is 0 Å². The molecule has 0 fully saturated rings. The highest BCUT2D eigenvalue weighted by molar-refractivity contribution is 4.80. The van der Waals surface area contributed by atoms with Crippen LogP contribution in [0.25, 0.3) is 0 Å². The van der Waals surface area contributed by atoms with E-state index in [9.17, 15) is 0 Å². The van der Waals surface area contributed by atoms with E-state index in [0.29, 0.717) is 0 Å². The largest absolute Gasteiger partial charge is 0.393 e. The summed E-state index contributed by atoms with van der Waals surface area (Å²) >= 11 is 0. The molecule has 0 rings (SSSR count). The van der Waals surface area contributed by atoms with Crippen LogP contribution in [-0.4, -0.2) is 11.2 Å². The molecule has 0 bridgehead atoms. The van der Waals surface area contributed by atoms with E-state index in [1.807, 2.05) is 6.92 Å². The van der Waals surface area contributed by atoms with Crippen LogP contribution in [0.5, 0.6) is 0 Å². The summed E-state index contributed by atoms with van der Waals surface area (Å²) < 4.78 is 0. The minimum Gasteiger partial charge on any atom is -0.393 e. The van der Waals surface area contributed by atoms with Crippen LogP contribution in [0.3, 0.4) is 0 Å². The zero-order valence-electron chi connectivity index (χ0n) is 9.13. The number of unbranched alkanes of at least 4 members (excludes halogenated alkanes) is 4. The van der Waals surface area contributed by atoms with Gasteiger partial charge >= 0.3 is 0 Å². The molecule has 78 valence electrons. The average molecular weight is 184 g/mol. The second-order valence-electron chi connectivity index (χ2n) is 3.75. The minimum atomic E-state index is -0.115. The van der Waals surface area contributed by atoms with Gasteiger partial charge in [-0.1, -0.05) is 38.3 Å². The van der Waals surface area contributed by atoms with Crippen LogP contribution in [0.4, 0.5) is 0 Å². The van der Waals surface area contributed by atoms with Gasteiger partial charge in [-0.05, 0) is 32.6 Å². The van der Waals surface area contributed by atoms with Crippen molar-refractivity contribution < 1.29 is 5.11 Å². The van der Waals surface area contributed by atoms with Crippen LogP contribution >= 0.6 is 0 Å². The Bertz CT molecular complexity index is 116. The smallest absolute Gasteiger partial charge is 0.0512 e. The van der Waals surface area contributed by atoms with Crippen molar-refractivity contribution in [3.8, 4) is 0 Å². The van der Waals surface area contributed by atoms with Gasteiger partial charge in [0, 0.05) is 0 Å². The molecule has 0 saturated carbocycles. The highest BCUT2D eigenvalue weighted by Gasteiger charge is 1.93. The molecule has 1 unspecified atom stereocenters. The second kappa shape index (κ2) is 9.79. The normalized spacial score (nSPS) is 13.8. The molecule has 0 amide bonds. The molecule has 0 heterocycles. The first-order chi connectivity index (χ1) is 6.27. The highest BCUT2D eigenvalue weighted by atomic mass is 16.3. The number of aliphatic hydroxyl groups excluding tert-OH is 1. The molecule has 1 atom stereocenters. The monoisotopic (exact) mass is 184 g/mol. The zero-order valence-corrected chi connectivity index (χ0v) is 9.13. The zero-order chi connectivity index (χ0) is 9.94. The Labute approximate surface area is 82.9 Å². The minimum absolute atomic E-state index is 0.115. The van der Waals surface area contributed by atoms with E-state index in [4.69, 9.17) is 5.11 Å². The Balaban J connectivity index is 2.99. The summed E-state index contributed by atoms with van der Waals surface area (Å²) in [6.07, 6.45) is 12.8. The fourth-order valence-electron chi connectivity index (χ4n) is 1.28. The molecule has 0 aromatic heterocycles. The molecule has 13 heavy (non-hydrogen) atoms. The summed E-state index contributed by atoms with van der Waals surface area (Å²) in [7, 11) is 0. The molecule has 0 saturated heterocycles. The summed E-state index contributed by atoms with van der Waals surface area (Å²) in [5.41, 5.74) is 0. The van der Waals surface area contributed by atoms with Crippen molar-refractivity contribution in [2.24, 2.45) is 0 Å². The third kappa shape index (κ3) is 11.7. The maximum Gasteiger partial charge on any atom is 0.0512 e. The Kier molecular flexibility index (Phi) is 9.56. The van der Waals surface area contributed by atoms with Crippen molar-refractivity contribution in [3.05, 3.63) is 12.2 Å². The molecule has 0 aliphatic heterocycles. The van der Waals surface area contributed by atoms with E-state index in [2.05, 4.69) is 19.1 Å². The third-order valence-electron chi connectivity index (χ3n) is 2.11. The lowest BCUT2D eigenvalue weighted by Crippen LogP contribution is -1.97. The van der Waals surface area contributed by atoms with E-state index in [0.717, 1.165) is 6.42 Å². The van der Waals surface area contributed by atoms with Gasteiger partial charge in [0.1, 0.15) is 0 Å². The van der Waals surface area contributed by atoms with E-state index < -0.39 is 0 Å². The van der Waals surface area contributed by atoms with Crippen LogP contribution in [0, 0.1) is 0 Å². The SMILES string of the molecule is CCC/C=C/CCCCCC(C)O. The second-order valence-corrected chi connectivity index (χ2v) is 3.75. The van der Waals surface area contributed by atoms with E-state index in [1.54, 1.807) is 0 Å². The van der Waals surface area contributed by atoms with Crippen molar-refractivity contribution in [1.82, 2.24) is 0 Å². The Morgan fingerprint density at radius 1 is 1.08 bits per heavy atom. The van der Waals surface area contributed by atoms with Crippen molar-refractivity contribution in [3.63, 3.8) is 0 Å². The molecule has 0 aliphatic carbocycles. The quantitative estimate of drug-likeness (QED) is 0.451. The molecule has 1 nitrogen and oxygen atoms in total. The van der Waals surface area contributed by atoms with Crippen LogP contribution in [0.1, 0.15) is 58.8 Å². The topological polar surface area (TPSA) is 20.2 Å². The standard InChI is InChI=1S/C12H24O/c1-3-4-5-6-7-8-9-10-11-12(2)13/h5-6,12-13H,3-4,7-11H2,1-2H3/b6-5+. The van der Waals surface area contributed by atoms with Gasteiger partial charge in [0.15, 0.2) is 0 Å². The molecule has 0 radical (unpaired) electrons. The van der Waals surface area contributed by atoms with Gasteiger partial charge in [-0.15, -0.1) is 0 Å². The molecular weight excluding hydrogens is 160 g/mol. The number of allylic oxidation sites excluding steroid dienone is 2. The number of hydrogen-bond acceptors (Lipinski definition) is 1. The van der Waals surface area contributed by atoms with Crippen molar-refractivity contribution in [2.45, 2.75) is 64.9 Å². The maximum absolute atomic E-state index is 9.01. The number of aliphatic hydroxyl groups is 1. The molecular formula is C12H24O. The van der Waals surface area contributed by atoms with Gasteiger partial charge in [-0.25, -0.2) is 0 Å². The van der Waals surface area contributed by atoms with Crippen molar-refractivity contribution >= 4 is 0 Å². The van der Waals surface area contributed by atoms with E-state index in [1.165, 1.54) is 38.5 Å². The first kappa shape index (κ1) is 12.7. The Hall–Kier alpha value is -0.300. The lowest BCUT2D eigenvalue weighted by atomic mass is 10.1. The van der Waals surface area contributed by atoms with Crippen molar-refractivity contribution in [1.29, 1.82) is 0 Å². The van der Waals surface area contributed by atoms with Gasteiger partial charge in [0.05, 0.1) is 6.10 Å². The molecule has 1 heteroatoms. The lowest BCUT2D eigenvalue weighted by molar-refractivity contribution is 0.180. The molecule has 0 aliphatic rings. The summed E-state index contributed by atoms with van der Waals surface area (Å²) in [4.78, 5) is 0. The number of rotatable bonds is 8. The number of hydrogen-bond donors (Lipinski definition) is 1. The summed E-state index contributed by atoms with van der Waals surface area (Å²) in [6, 6.07) is 0. The lowest BCUT2D eigenvalue weighted by Gasteiger charge is -2.01. The predicted octanol–water partition coefficient (Wildman–Crippen LogP) is 3.67.